The summed E-state index contributed by atoms with van der Waals surface area (Å²) in [5.41, 5.74) is 0.908. The Kier molecular flexibility index (Phi) is 5.85. The van der Waals surface area contributed by atoms with Crippen molar-refractivity contribution >= 4 is 11.8 Å². The Hall–Kier alpha value is -2.04. The van der Waals surface area contributed by atoms with Crippen LogP contribution in [-0.4, -0.2) is 25.0 Å². The molecule has 19 heavy (non-hydrogen) atoms. The van der Waals surface area contributed by atoms with Crippen LogP contribution in [0.5, 0.6) is 5.75 Å². The first-order valence-electron chi connectivity index (χ1n) is 6.28. The molecule has 0 aliphatic heterocycles. The van der Waals surface area contributed by atoms with Crippen LogP contribution in [0.25, 0.3) is 0 Å². The minimum atomic E-state index is -0.615. The van der Waals surface area contributed by atoms with Crippen LogP contribution in [0, 0.1) is 0 Å². The molecule has 5 heteroatoms. The van der Waals surface area contributed by atoms with Crippen molar-refractivity contribution < 1.29 is 14.3 Å². The molecule has 2 amide bonds. The Labute approximate surface area is 113 Å². The van der Waals surface area contributed by atoms with Crippen molar-refractivity contribution in [3.8, 4) is 5.75 Å². The number of carbonyl (C=O) groups excluding carboxylic acids is 2. The summed E-state index contributed by atoms with van der Waals surface area (Å²) in [5, 5.41) is 5.19. The highest BCUT2D eigenvalue weighted by Crippen LogP contribution is 2.10. The number of hydrogen-bond donors (Lipinski definition) is 2. The van der Waals surface area contributed by atoms with E-state index in [0.717, 1.165) is 17.7 Å². The molecule has 0 heterocycles. The lowest BCUT2D eigenvalue weighted by molar-refractivity contribution is -0.139. The van der Waals surface area contributed by atoms with Gasteiger partial charge in [-0.15, -0.1) is 0 Å². The molecule has 0 aliphatic rings. The number of ether oxygens (including phenoxy) is 1. The summed E-state index contributed by atoms with van der Waals surface area (Å²) in [6.07, 6.45) is 0.789. The zero-order valence-electron chi connectivity index (χ0n) is 11.5. The molecule has 1 unspecified atom stereocenters. The quantitative estimate of drug-likeness (QED) is 0.786. The highest BCUT2D eigenvalue weighted by molar-refractivity contribution is 6.35. The number of benzene rings is 1. The van der Waals surface area contributed by atoms with Crippen LogP contribution in [0.1, 0.15) is 25.8 Å². The Balaban J connectivity index is 2.42. The van der Waals surface area contributed by atoms with Crippen LogP contribution in [0.2, 0.25) is 0 Å². The average molecular weight is 264 g/mol. The predicted molar refractivity (Wildman–Crippen MR) is 72.7 cm³/mol. The fourth-order valence-electron chi connectivity index (χ4n) is 1.40. The summed E-state index contributed by atoms with van der Waals surface area (Å²) in [4.78, 5) is 23.0. The van der Waals surface area contributed by atoms with Crippen molar-refractivity contribution in [1.29, 1.82) is 0 Å². The van der Waals surface area contributed by atoms with E-state index in [1.54, 1.807) is 19.2 Å². The standard InChI is InChI=1S/C14H20N2O3/c1-4-10(2)16-14(18)13(17)15-9-11-5-7-12(19-3)8-6-11/h5-8,10H,4,9H2,1-3H3,(H,15,17)(H,16,18). The summed E-state index contributed by atoms with van der Waals surface area (Å²) in [6.45, 7) is 4.12. The second-order valence-electron chi connectivity index (χ2n) is 4.31. The van der Waals surface area contributed by atoms with E-state index in [2.05, 4.69) is 10.6 Å². The lowest BCUT2D eigenvalue weighted by Gasteiger charge is -2.11. The minimum absolute atomic E-state index is 0.000707. The minimum Gasteiger partial charge on any atom is -0.497 e. The SMILES string of the molecule is CCC(C)NC(=O)C(=O)NCc1ccc(OC)cc1. The van der Waals surface area contributed by atoms with Gasteiger partial charge in [-0.3, -0.25) is 9.59 Å². The normalized spacial score (nSPS) is 11.5. The molecule has 0 fully saturated rings. The molecule has 1 atom stereocenters. The van der Waals surface area contributed by atoms with Crippen molar-refractivity contribution in [2.75, 3.05) is 7.11 Å². The van der Waals surface area contributed by atoms with E-state index in [9.17, 15) is 9.59 Å². The van der Waals surface area contributed by atoms with Crippen molar-refractivity contribution in [2.45, 2.75) is 32.9 Å². The van der Waals surface area contributed by atoms with Gasteiger partial charge < -0.3 is 15.4 Å². The maximum atomic E-state index is 11.5. The summed E-state index contributed by atoms with van der Waals surface area (Å²) >= 11 is 0. The molecule has 1 aromatic carbocycles. The van der Waals surface area contributed by atoms with Crippen LogP contribution in [-0.2, 0) is 16.1 Å². The third-order valence-electron chi connectivity index (χ3n) is 2.81. The van der Waals surface area contributed by atoms with Crippen molar-refractivity contribution in [1.82, 2.24) is 10.6 Å². The van der Waals surface area contributed by atoms with Crippen molar-refractivity contribution in [2.24, 2.45) is 0 Å². The molecule has 1 aromatic rings. The molecule has 0 aromatic heterocycles. The van der Waals surface area contributed by atoms with Gasteiger partial charge in [-0.1, -0.05) is 19.1 Å². The molecule has 0 bridgehead atoms. The topological polar surface area (TPSA) is 67.4 Å². The summed E-state index contributed by atoms with van der Waals surface area (Å²) in [6, 6.07) is 7.29. The molecule has 5 nitrogen and oxygen atoms in total. The van der Waals surface area contributed by atoms with Gasteiger partial charge in [-0.05, 0) is 31.0 Å². The van der Waals surface area contributed by atoms with Gasteiger partial charge in [0.1, 0.15) is 5.75 Å². The van der Waals surface area contributed by atoms with Crippen LogP contribution in [0.15, 0.2) is 24.3 Å². The number of carbonyl (C=O) groups is 2. The molecule has 0 saturated heterocycles. The van der Waals surface area contributed by atoms with E-state index in [-0.39, 0.29) is 6.04 Å². The van der Waals surface area contributed by atoms with Crippen LogP contribution in [0.3, 0.4) is 0 Å². The van der Waals surface area contributed by atoms with Crippen LogP contribution < -0.4 is 15.4 Å². The van der Waals surface area contributed by atoms with Gasteiger partial charge in [-0.2, -0.15) is 0 Å². The third kappa shape index (κ3) is 4.99. The molecular weight excluding hydrogens is 244 g/mol. The number of amides is 2. The molecule has 1 rings (SSSR count). The Morgan fingerprint density at radius 2 is 1.84 bits per heavy atom. The second kappa shape index (κ2) is 7.41. The maximum Gasteiger partial charge on any atom is 0.309 e. The van der Waals surface area contributed by atoms with E-state index < -0.39 is 11.8 Å². The maximum absolute atomic E-state index is 11.5. The van der Waals surface area contributed by atoms with E-state index in [4.69, 9.17) is 4.74 Å². The van der Waals surface area contributed by atoms with Gasteiger partial charge in [0.05, 0.1) is 7.11 Å². The van der Waals surface area contributed by atoms with Gasteiger partial charge in [0.2, 0.25) is 0 Å². The van der Waals surface area contributed by atoms with E-state index in [1.807, 2.05) is 26.0 Å². The third-order valence-corrected chi connectivity index (χ3v) is 2.81. The molecule has 0 aliphatic carbocycles. The lowest BCUT2D eigenvalue weighted by atomic mass is 10.2. The highest BCUT2D eigenvalue weighted by Gasteiger charge is 2.14. The Bertz CT molecular complexity index is 429. The lowest BCUT2D eigenvalue weighted by Crippen LogP contribution is -2.43. The summed E-state index contributed by atoms with van der Waals surface area (Å²) in [7, 11) is 1.59. The first kappa shape index (κ1) is 15.0. The van der Waals surface area contributed by atoms with E-state index >= 15 is 0 Å². The average Bonchev–Trinajstić information content (AvgIpc) is 2.44. The van der Waals surface area contributed by atoms with Gasteiger partial charge in [0.15, 0.2) is 0 Å². The van der Waals surface area contributed by atoms with Crippen LogP contribution >= 0.6 is 0 Å². The number of methoxy groups -OCH3 is 1. The summed E-state index contributed by atoms with van der Waals surface area (Å²) in [5.74, 6) is -0.455. The molecular formula is C14H20N2O3. The van der Waals surface area contributed by atoms with Crippen molar-refractivity contribution in [3.05, 3.63) is 29.8 Å². The second-order valence-corrected chi connectivity index (χ2v) is 4.31. The molecule has 0 saturated carbocycles. The van der Waals surface area contributed by atoms with Gasteiger partial charge in [0, 0.05) is 12.6 Å². The highest BCUT2D eigenvalue weighted by atomic mass is 16.5. The van der Waals surface area contributed by atoms with Gasteiger partial charge in [-0.25, -0.2) is 0 Å². The molecule has 104 valence electrons. The molecule has 0 spiro atoms. The predicted octanol–water partition coefficient (Wildman–Crippen LogP) is 1.23. The number of rotatable bonds is 5. The van der Waals surface area contributed by atoms with Gasteiger partial charge in [0.25, 0.3) is 0 Å². The zero-order chi connectivity index (χ0) is 14.3. The fourth-order valence-corrected chi connectivity index (χ4v) is 1.40. The number of nitrogens with one attached hydrogen (secondary N) is 2. The zero-order valence-corrected chi connectivity index (χ0v) is 11.5. The molecule has 0 radical (unpaired) electrons. The Morgan fingerprint density at radius 1 is 1.21 bits per heavy atom. The molecule has 2 N–H and O–H groups in total. The van der Waals surface area contributed by atoms with Gasteiger partial charge >= 0.3 is 11.8 Å². The van der Waals surface area contributed by atoms with Crippen molar-refractivity contribution in [3.63, 3.8) is 0 Å². The monoisotopic (exact) mass is 264 g/mol. The summed E-state index contributed by atoms with van der Waals surface area (Å²) < 4.78 is 5.04. The first-order valence-corrected chi connectivity index (χ1v) is 6.28. The Morgan fingerprint density at radius 3 is 2.37 bits per heavy atom. The van der Waals surface area contributed by atoms with Crippen LogP contribution in [0.4, 0.5) is 0 Å². The van der Waals surface area contributed by atoms with E-state index in [1.165, 1.54) is 0 Å². The van der Waals surface area contributed by atoms with E-state index in [0.29, 0.717) is 6.54 Å². The largest absolute Gasteiger partial charge is 0.497 e. The smallest absolute Gasteiger partial charge is 0.309 e. The fraction of sp³-hybridized carbons (Fsp3) is 0.429. The first-order chi connectivity index (χ1) is 9.06. The number of hydrogen-bond acceptors (Lipinski definition) is 3.